The second-order valence-corrected chi connectivity index (χ2v) is 9.22. The van der Waals surface area contributed by atoms with Crippen molar-refractivity contribution in [2.24, 2.45) is 5.92 Å². The van der Waals surface area contributed by atoms with Crippen LogP contribution in [0.5, 0.6) is 0 Å². The zero-order valence-electron chi connectivity index (χ0n) is 19.1. The smallest absolute Gasteiger partial charge is 0.345 e. The molecule has 166 valence electrons. The van der Waals surface area contributed by atoms with Crippen molar-refractivity contribution in [3.8, 4) is 11.3 Å². The molecule has 0 unspecified atom stereocenters. The predicted molar refractivity (Wildman–Crippen MR) is 127 cm³/mol. The summed E-state index contributed by atoms with van der Waals surface area (Å²) in [5, 5.41) is 4.50. The summed E-state index contributed by atoms with van der Waals surface area (Å²) in [5.74, 6) is 0.656. The van der Waals surface area contributed by atoms with E-state index in [0.717, 1.165) is 54.2 Å². The molecule has 32 heavy (non-hydrogen) atoms. The molecular formula is C25H29N5O2. The Labute approximate surface area is 187 Å². The largest absolute Gasteiger partial charge is 0.422 e. The minimum atomic E-state index is -0.376. The molecule has 1 aliphatic heterocycles. The van der Waals surface area contributed by atoms with Crippen LogP contribution >= 0.6 is 0 Å². The average molecular weight is 432 g/mol. The summed E-state index contributed by atoms with van der Waals surface area (Å²) in [5.41, 5.74) is 4.86. The minimum Gasteiger partial charge on any atom is -0.422 e. The van der Waals surface area contributed by atoms with Crippen LogP contribution in [0.25, 0.3) is 27.9 Å². The van der Waals surface area contributed by atoms with Crippen molar-refractivity contribution >= 4 is 22.3 Å². The number of hydrogen-bond donors (Lipinski definition) is 1. The number of hydrogen-bond acceptors (Lipinski definition) is 6. The maximum absolute atomic E-state index is 12.9. The van der Waals surface area contributed by atoms with Gasteiger partial charge >= 0.3 is 5.63 Å². The molecule has 0 saturated carbocycles. The lowest BCUT2D eigenvalue weighted by atomic mass is 10.0. The van der Waals surface area contributed by atoms with E-state index in [0.29, 0.717) is 28.8 Å². The van der Waals surface area contributed by atoms with Crippen molar-refractivity contribution in [1.29, 1.82) is 0 Å². The summed E-state index contributed by atoms with van der Waals surface area (Å²) in [4.78, 5) is 24.3. The number of nitrogens with one attached hydrogen (secondary N) is 1. The van der Waals surface area contributed by atoms with Gasteiger partial charge in [-0.05, 0) is 44.4 Å². The summed E-state index contributed by atoms with van der Waals surface area (Å²) in [6, 6.07) is 8.49. The van der Waals surface area contributed by atoms with Crippen molar-refractivity contribution in [2.75, 3.05) is 24.5 Å². The molecule has 7 heteroatoms. The van der Waals surface area contributed by atoms with Crippen molar-refractivity contribution in [1.82, 2.24) is 19.7 Å². The van der Waals surface area contributed by atoms with Gasteiger partial charge in [-0.1, -0.05) is 13.8 Å². The van der Waals surface area contributed by atoms with Gasteiger partial charge in [-0.15, -0.1) is 0 Å². The molecule has 1 saturated heterocycles. The Morgan fingerprint density at radius 2 is 2.03 bits per heavy atom. The summed E-state index contributed by atoms with van der Waals surface area (Å²) >= 11 is 0. The second kappa shape index (κ2) is 8.06. The first kappa shape index (κ1) is 20.7. The monoisotopic (exact) mass is 431 g/mol. The molecular weight excluding hydrogens is 402 g/mol. The molecule has 4 aromatic rings. The van der Waals surface area contributed by atoms with Gasteiger partial charge in [0.05, 0.1) is 22.6 Å². The number of imidazole rings is 1. The number of aryl methyl sites for hydroxylation is 2. The van der Waals surface area contributed by atoms with Gasteiger partial charge in [0, 0.05) is 55.2 Å². The standard InChI is InChI=1S/C25H29N5O2/c1-15(2)9-19-13-29(8-7-26-19)20-6-5-18-10-21(25(31)32-23(18)11-20)22-14-30-12-16(3)27-17(4)24(30)28-22/h5-6,10-12,14-15,19,26H,7-9,13H2,1-4H3/t19-/m0/s1. The summed E-state index contributed by atoms with van der Waals surface area (Å²) in [6.45, 7) is 11.2. The highest BCUT2D eigenvalue weighted by atomic mass is 16.4. The van der Waals surface area contributed by atoms with Crippen LogP contribution in [-0.4, -0.2) is 40.0 Å². The molecule has 0 radical (unpaired) electrons. The van der Waals surface area contributed by atoms with Gasteiger partial charge in [0.1, 0.15) is 5.58 Å². The first-order valence-electron chi connectivity index (χ1n) is 11.3. The van der Waals surface area contributed by atoms with Crippen LogP contribution in [0.4, 0.5) is 5.69 Å². The predicted octanol–water partition coefficient (Wildman–Crippen LogP) is 3.94. The molecule has 1 fully saturated rings. The third-order valence-electron chi connectivity index (χ3n) is 6.10. The van der Waals surface area contributed by atoms with Crippen LogP contribution in [0.2, 0.25) is 0 Å². The Hall–Kier alpha value is -3.19. The Morgan fingerprint density at radius 1 is 1.19 bits per heavy atom. The van der Waals surface area contributed by atoms with E-state index in [1.54, 1.807) is 0 Å². The second-order valence-electron chi connectivity index (χ2n) is 9.22. The highest BCUT2D eigenvalue weighted by molar-refractivity contribution is 5.84. The van der Waals surface area contributed by atoms with E-state index in [1.165, 1.54) is 0 Å². The number of aromatic nitrogens is 3. The number of piperazine rings is 1. The van der Waals surface area contributed by atoms with Crippen LogP contribution in [0.1, 0.15) is 31.7 Å². The van der Waals surface area contributed by atoms with Gasteiger partial charge in [-0.25, -0.2) is 9.78 Å². The van der Waals surface area contributed by atoms with Gasteiger partial charge in [0.2, 0.25) is 0 Å². The van der Waals surface area contributed by atoms with Crippen LogP contribution in [0.3, 0.4) is 0 Å². The first-order valence-corrected chi connectivity index (χ1v) is 11.3. The molecule has 0 aliphatic carbocycles. The zero-order chi connectivity index (χ0) is 22.4. The van der Waals surface area contributed by atoms with Crippen molar-refractivity contribution in [3.63, 3.8) is 0 Å². The molecule has 1 aliphatic rings. The molecule has 0 amide bonds. The van der Waals surface area contributed by atoms with Gasteiger partial charge in [-0.2, -0.15) is 0 Å². The van der Waals surface area contributed by atoms with Gasteiger partial charge in [0.25, 0.3) is 0 Å². The van der Waals surface area contributed by atoms with E-state index < -0.39 is 0 Å². The quantitative estimate of drug-likeness (QED) is 0.493. The number of anilines is 1. The highest BCUT2D eigenvalue weighted by Gasteiger charge is 2.21. The fraction of sp³-hybridized carbons (Fsp3) is 0.400. The lowest BCUT2D eigenvalue weighted by molar-refractivity contribution is 0.388. The van der Waals surface area contributed by atoms with Gasteiger partial charge in [-0.3, -0.25) is 4.98 Å². The minimum absolute atomic E-state index is 0.376. The fourth-order valence-corrected chi connectivity index (χ4v) is 4.70. The lowest BCUT2D eigenvalue weighted by Gasteiger charge is -2.36. The van der Waals surface area contributed by atoms with Crippen LogP contribution in [-0.2, 0) is 0 Å². The number of fused-ring (bicyclic) bond motifs is 2. The fourth-order valence-electron chi connectivity index (χ4n) is 4.70. The van der Waals surface area contributed by atoms with Gasteiger partial charge < -0.3 is 19.0 Å². The molecule has 4 heterocycles. The van der Waals surface area contributed by atoms with E-state index in [4.69, 9.17) is 4.42 Å². The van der Waals surface area contributed by atoms with E-state index in [2.05, 4.69) is 40.1 Å². The van der Waals surface area contributed by atoms with E-state index in [9.17, 15) is 4.79 Å². The zero-order valence-corrected chi connectivity index (χ0v) is 19.1. The molecule has 1 N–H and O–H groups in total. The van der Waals surface area contributed by atoms with E-state index in [-0.39, 0.29) is 5.63 Å². The van der Waals surface area contributed by atoms with Gasteiger partial charge in [0.15, 0.2) is 5.65 Å². The average Bonchev–Trinajstić information content (AvgIpc) is 3.16. The summed E-state index contributed by atoms with van der Waals surface area (Å²) in [7, 11) is 0. The number of nitrogens with zero attached hydrogens (tertiary/aromatic N) is 4. The molecule has 1 atom stereocenters. The third kappa shape index (κ3) is 3.88. The maximum atomic E-state index is 12.9. The lowest BCUT2D eigenvalue weighted by Crippen LogP contribution is -2.51. The summed E-state index contributed by atoms with van der Waals surface area (Å²) < 4.78 is 7.67. The Bertz CT molecular complexity index is 1350. The Morgan fingerprint density at radius 3 is 2.84 bits per heavy atom. The van der Waals surface area contributed by atoms with E-state index >= 15 is 0 Å². The maximum Gasteiger partial charge on any atom is 0.345 e. The van der Waals surface area contributed by atoms with Crippen molar-refractivity contribution in [3.05, 3.63) is 58.5 Å². The van der Waals surface area contributed by atoms with Crippen LogP contribution in [0.15, 0.2) is 45.9 Å². The van der Waals surface area contributed by atoms with Crippen molar-refractivity contribution in [2.45, 2.75) is 40.2 Å². The normalized spacial score (nSPS) is 17.0. The van der Waals surface area contributed by atoms with E-state index in [1.807, 2.05) is 48.8 Å². The molecule has 5 rings (SSSR count). The molecule has 1 aromatic carbocycles. The topological polar surface area (TPSA) is 75.7 Å². The van der Waals surface area contributed by atoms with Crippen molar-refractivity contribution < 1.29 is 4.42 Å². The molecule has 3 aromatic heterocycles. The Kier molecular flexibility index (Phi) is 5.21. The van der Waals surface area contributed by atoms with Crippen LogP contribution < -0.4 is 15.8 Å². The molecule has 0 bridgehead atoms. The SMILES string of the molecule is Cc1cn2cc(-c3cc4ccc(N5CCN[C@@H](CC(C)C)C5)cc4oc3=O)nc2c(C)n1. The highest BCUT2D eigenvalue weighted by Crippen LogP contribution is 2.26. The Balaban J connectivity index is 1.49. The van der Waals surface area contributed by atoms with Crippen LogP contribution in [0, 0.1) is 19.8 Å². The number of rotatable bonds is 4. The third-order valence-corrected chi connectivity index (χ3v) is 6.10. The summed E-state index contributed by atoms with van der Waals surface area (Å²) in [6.07, 6.45) is 4.92. The molecule has 7 nitrogen and oxygen atoms in total. The molecule has 0 spiro atoms. The number of benzene rings is 1. The first-order chi connectivity index (χ1) is 15.4.